The molecule has 2 unspecified atom stereocenters. The van der Waals surface area contributed by atoms with E-state index in [1.807, 2.05) is 11.8 Å². The lowest BCUT2D eigenvalue weighted by atomic mass is 9.63. The molecule has 2 fully saturated rings. The van der Waals surface area contributed by atoms with Crippen LogP contribution in [0.1, 0.15) is 96.3 Å². The quantitative estimate of drug-likeness (QED) is 0.472. The normalized spacial score (nSPS) is 29.4. The Morgan fingerprint density at radius 2 is 1.68 bits per heavy atom. The Morgan fingerprint density at radius 1 is 0.971 bits per heavy atom. The van der Waals surface area contributed by atoms with Crippen LogP contribution in [0.3, 0.4) is 0 Å². The fraction of sp³-hybridized carbons (Fsp3) is 0.677. The number of rotatable bonds is 5. The molecule has 0 radical (unpaired) electrons. The maximum absolute atomic E-state index is 9.35. The Hall–Kier alpha value is -1.03. The number of thioether (sulfide) groups is 1. The molecule has 3 heteroatoms. The summed E-state index contributed by atoms with van der Waals surface area (Å²) in [6, 6.07) is 7.39. The third-order valence-corrected chi connectivity index (χ3v) is 10.8. The summed E-state index contributed by atoms with van der Waals surface area (Å²) in [6.45, 7) is 16.1. The minimum absolute atomic E-state index is 0.268. The average molecular weight is 480 g/mol. The number of nitrogens with zero attached hydrogens (tertiary/aromatic N) is 1. The summed E-state index contributed by atoms with van der Waals surface area (Å²) in [6.07, 6.45) is 8.73. The molecular formula is C31H45NOS. The lowest BCUT2D eigenvalue weighted by Crippen LogP contribution is -2.35. The van der Waals surface area contributed by atoms with Crippen molar-refractivity contribution in [1.29, 1.82) is 0 Å². The summed E-state index contributed by atoms with van der Waals surface area (Å²) < 4.78 is 0. The van der Waals surface area contributed by atoms with Gasteiger partial charge in [-0.3, -0.25) is 0 Å². The molecule has 2 aliphatic heterocycles. The van der Waals surface area contributed by atoms with Crippen LogP contribution in [0.2, 0.25) is 0 Å². The standard InChI is InChI=1S/C31H45NOS/c1-21-6-7-24(23-8-9-27-28(17-23)31(4,5)13-12-30(27,2)3)20-34-29(21)22-10-14-32(15-11-22)18-25-16-26(25)19-33/h8-9,17,20,22,25-26,33H,6-7,10-16,18-19H2,1-5H3. The smallest absolute Gasteiger partial charge is 0.0462 e. The maximum Gasteiger partial charge on any atom is 0.0462 e. The zero-order valence-corrected chi connectivity index (χ0v) is 22.9. The minimum atomic E-state index is 0.268. The molecule has 1 aromatic rings. The molecule has 4 aliphatic rings. The lowest BCUT2D eigenvalue weighted by Gasteiger charge is -2.42. The Kier molecular flexibility index (Phi) is 6.85. The van der Waals surface area contributed by atoms with Crippen molar-refractivity contribution in [3.8, 4) is 0 Å². The van der Waals surface area contributed by atoms with Gasteiger partial charge in [0.05, 0.1) is 0 Å². The van der Waals surface area contributed by atoms with Crippen molar-refractivity contribution in [3.05, 3.63) is 50.8 Å². The molecule has 34 heavy (non-hydrogen) atoms. The summed E-state index contributed by atoms with van der Waals surface area (Å²) in [4.78, 5) is 4.32. The van der Waals surface area contributed by atoms with E-state index >= 15 is 0 Å². The Bertz CT molecular complexity index is 979. The molecular weight excluding hydrogens is 434 g/mol. The van der Waals surface area contributed by atoms with Crippen LogP contribution in [0.4, 0.5) is 0 Å². The largest absolute Gasteiger partial charge is 0.396 e. The molecule has 1 saturated carbocycles. The van der Waals surface area contributed by atoms with Crippen molar-refractivity contribution in [3.63, 3.8) is 0 Å². The number of piperidine rings is 1. The number of hydrogen-bond acceptors (Lipinski definition) is 3. The van der Waals surface area contributed by atoms with Gasteiger partial charge >= 0.3 is 0 Å². The van der Waals surface area contributed by atoms with Crippen LogP contribution >= 0.6 is 11.8 Å². The van der Waals surface area contributed by atoms with Crippen LogP contribution in [0.5, 0.6) is 0 Å². The number of benzene rings is 1. The van der Waals surface area contributed by atoms with Crippen LogP contribution in [-0.2, 0) is 10.8 Å². The second kappa shape index (κ2) is 9.45. The summed E-state index contributed by atoms with van der Waals surface area (Å²) in [5, 5.41) is 11.8. The van der Waals surface area contributed by atoms with Crippen LogP contribution in [0, 0.1) is 17.8 Å². The van der Waals surface area contributed by atoms with Gasteiger partial charge in [-0.05, 0) is 126 Å². The van der Waals surface area contributed by atoms with Crippen LogP contribution < -0.4 is 0 Å². The molecule has 0 aromatic heterocycles. The number of aliphatic hydroxyl groups excluding tert-OH is 1. The number of likely N-dealkylation sites (tertiary alicyclic amines) is 1. The number of hydrogen-bond donors (Lipinski definition) is 1. The van der Waals surface area contributed by atoms with Crippen LogP contribution in [-0.4, -0.2) is 36.2 Å². The molecule has 2 atom stereocenters. The van der Waals surface area contributed by atoms with Gasteiger partial charge in [-0.2, -0.15) is 0 Å². The highest BCUT2D eigenvalue weighted by atomic mass is 32.2. The predicted octanol–water partition coefficient (Wildman–Crippen LogP) is 7.52. The van der Waals surface area contributed by atoms with Crippen molar-refractivity contribution in [2.75, 3.05) is 26.2 Å². The molecule has 0 spiro atoms. The average Bonchev–Trinajstić information content (AvgIpc) is 3.60. The monoisotopic (exact) mass is 479 g/mol. The zero-order valence-electron chi connectivity index (χ0n) is 22.1. The first kappa shape index (κ1) is 24.7. The SMILES string of the molecule is CC1=C(C2CCN(CC3CC3CO)CC2)SC=C(c2ccc3c(c2)C(C)(C)CCC3(C)C)CC1. The summed E-state index contributed by atoms with van der Waals surface area (Å²) in [7, 11) is 0. The van der Waals surface area contributed by atoms with Gasteiger partial charge in [-0.1, -0.05) is 51.5 Å². The predicted molar refractivity (Wildman–Crippen MR) is 147 cm³/mol. The molecule has 2 heterocycles. The van der Waals surface area contributed by atoms with Crippen LogP contribution in [0.25, 0.3) is 5.57 Å². The maximum atomic E-state index is 9.35. The highest BCUT2D eigenvalue weighted by Gasteiger charge is 2.39. The molecule has 2 aliphatic carbocycles. The van der Waals surface area contributed by atoms with E-state index in [1.165, 1.54) is 69.3 Å². The molecule has 1 saturated heterocycles. The van der Waals surface area contributed by atoms with E-state index in [0.29, 0.717) is 12.5 Å². The van der Waals surface area contributed by atoms with Gasteiger partial charge < -0.3 is 10.0 Å². The van der Waals surface area contributed by atoms with Gasteiger partial charge in [-0.25, -0.2) is 0 Å². The summed E-state index contributed by atoms with van der Waals surface area (Å²) in [5.41, 5.74) is 8.29. The molecule has 186 valence electrons. The van der Waals surface area contributed by atoms with Gasteiger partial charge in [0, 0.05) is 13.2 Å². The summed E-state index contributed by atoms with van der Waals surface area (Å²) >= 11 is 2.04. The second-order valence-corrected chi connectivity index (χ2v) is 13.9. The van der Waals surface area contributed by atoms with E-state index in [4.69, 9.17) is 0 Å². The molecule has 2 nitrogen and oxygen atoms in total. The highest BCUT2D eigenvalue weighted by Crippen LogP contribution is 2.48. The molecule has 1 N–H and O–H groups in total. The van der Waals surface area contributed by atoms with E-state index in [9.17, 15) is 5.11 Å². The Labute approximate surface area is 212 Å². The van der Waals surface area contributed by atoms with Gasteiger partial charge in [0.25, 0.3) is 0 Å². The van der Waals surface area contributed by atoms with Crippen LogP contribution in [0.15, 0.2) is 34.1 Å². The van der Waals surface area contributed by atoms with Gasteiger partial charge in [0.2, 0.25) is 0 Å². The number of fused-ring (bicyclic) bond motifs is 1. The topological polar surface area (TPSA) is 23.5 Å². The minimum Gasteiger partial charge on any atom is -0.396 e. The first-order chi connectivity index (χ1) is 16.2. The van der Waals surface area contributed by atoms with Gasteiger partial charge in [0.1, 0.15) is 0 Å². The third kappa shape index (κ3) is 4.95. The second-order valence-electron chi connectivity index (χ2n) is 12.9. The highest BCUT2D eigenvalue weighted by molar-refractivity contribution is 8.06. The number of aliphatic hydroxyl groups is 1. The van der Waals surface area contributed by atoms with Crippen molar-refractivity contribution >= 4 is 17.3 Å². The van der Waals surface area contributed by atoms with Gasteiger partial charge in [-0.15, -0.1) is 11.8 Å². The Balaban J connectivity index is 1.27. The van der Waals surface area contributed by atoms with Gasteiger partial charge in [0.15, 0.2) is 0 Å². The first-order valence-electron chi connectivity index (χ1n) is 13.7. The fourth-order valence-corrected chi connectivity index (χ4v) is 7.91. The molecule has 1 aromatic carbocycles. The molecule has 5 rings (SSSR count). The van der Waals surface area contributed by atoms with Crippen molar-refractivity contribution in [1.82, 2.24) is 4.90 Å². The van der Waals surface area contributed by atoms with E-state index in [2.05, 4.69) is 63.1 Å². The van der Waals surface area contributed by atoms with E-state index in [-0.39, 0.29) is 10.8 Å². The van der Waals surface area contributed by atoms with Crippen molar-refractivity contribution in [2.24, 2.45) is 17.8 Å². The first-order valence-corrected chi connectivity index (χ1v) is 14.6. The van der Waals surface area contributed by atoms with Crippen molar-refractivity contribution < 1.29 is 5.11 Å². The van der Waals surface area contributed by atoms with E-state index in [0.717, 1.165) is 18.3 Å². The fourth-order valence-electron chi connectivity index (χ4n) is 6.65. The molecule has 0 bridgehead atoms. The van der Waals surface area contributed by atoms with E-state index < -0.39 is 0 Å². The number of allylic oxidation sites excluding steroid dienone is 3. The summed E-state index contributed by atoms with van der Waals surface area (Å²) in [5.74, 6) is 2.07. The zero-order chi connectivity index (χ0) is 24.1. The van der Waals surface area contributed by atoms with Crippen molar-refractivity contribution in [2.45, 2.75) is 90.4 Å². The Morgan fingerprint density at radius 3 is 2.35 bits per heavy atom. The third-order valence-electron chi connectivity index (χ3n) is 9.50. The molecule has 0 amide bonds. The van der Waals surface area contributed by atoms with E-state index in [1.54, 1.807) is 21.6 Å². The lowest BCUT2D eigenvalue weighted by molar-refractivity contribution is 0.185.